The summed E-state index contributed by atoms with van der Waals surface area (Å²) < 4.78 is 12.0. The van der Waals surface area contributed by atoms with Crippen LogP contribution in [0.15, 0.2) is 58.6 Å². The van der Waals surface area contributed by atoms with Crippen LogP contribution in [-0.2, 0) is 4.79 Å². The van der Waals surface area contributed by atoms with Gasteiger partial charge in [0, 0.05) is 29.8 Å². The Morgan fingerprint density at radius 1 is 1.07 bits per heavy atom. The fraction of sp³-hybridized carbons (Fsp3) is 0.227. The number of nitrogens with one attached hydrogen (secondary N) is 1. The van der Waals surface area contributed by atoms with Gasteiger partial charge in [0.15, 0.2) is 16.5 Å². The first-order valence-corrected chi connectivity index (χ1v) is 10.2. The Morgan fingerprint density at radius 3 is 2.53 bits per heavy atom. The maximum Gasteiger partial charge on any atom is 0.287 e. The lowest BCUT2D eigenvalue weighted by molar-refractivity contribution is -0.113. The number of rotatable bonds is 7. The summed E-state index contributed by atoms with van der Waals surface area (Å²) in [5, 5.41) is 3.05. The largest absolute Gasteiger partial charge is 0.493 e. The van der Waals surface area contributed by atoms with E-state index in [9.17, 15) is 9.59 Å². The molecule has 3 rings (SSSR count). The first-order valence-electron chi connectivity index (χ1n) is 9.23. The van der Waals surface area contributed by atoms with Gasteiger partial charge in [-0.05, 0) is 49.2 Å². The van der Waals surface area contributed by atoms with Crippen LogP contribution >= 0.6 is 11.8 Å². The van der Waals surface area contributed by atoms with Crippen molar-refractivity contribution >= 4 is 23.4 Å². The van der Waals surface area contributed by atoms with Gasteiger partial charge in [-0.25, -0.2) is 4.98 Å². The average molecular weight is 426 g/mol. The Labute approximate surface area is 179 Å². The quantitative estimate of drug-likeness (QED) is 0.583. The first kappa shape index (κ1) is 21.4. The topological polar surface area (TPSA) is 82.5 Å². The molecule has 3 aromatic rings. The second-order valence-electron chi connectivity index (χ2n) is 6.58. The number of methoxy groups -OCH3 is 2. The molecule has 0 atom stereocenters. The number of aryl methyl sites for hydroxylation is 2. The summed E-state index contributed by atoms with van der Waals surface area (Å²) in [5.74, 6) is 0.886. The van der Waals surface area contributed by atoms with E-state index in [1.54, 1.807) is 37.7 Å². The molecular weight excluding hydrogens is 402 g/mol. The fourth-order valence-corrected chi connectivity index (χ4v) is 3.51. The van der Waals surface area contributed by atoms with E-state index in [2.05, 4.69) is 10.3 Å². The Hall–Kier alpha value is -3.26. The van der Waals surface area contributed by atoms with E-state index in [0.717, 1.165) is 28.6 Å². The average Bonchev–Trinajstić information content (AvgIpc) is 2.75. The molecule has 156 valence electrons. The van der Waals surface area contributed by atoms with Gasteiger partial charge in [0.2, 0.25) is 5.91 Å². The fourth-order valence-electron chi connectivity index (χ4n) is 2.82. The molecule has 0 bridgehead atoms. The molecule has 0 aliphatic carbocycles. The van der Waals surface area contributed by atoms with Crippen molar-refractivity contribution in [2.75, 3.05) is 25.3 Å². The van der Waals surface area contributed by atoms with E-state index in [0.29, 0.717) is 17.2 Å². The van der Waals surface area contributed by atoms with Gasteiger partial charge in [0.05, 0.1) is 20.0 Å². The number of nitrogens with zero attached hydrogens (tertiary/aromatic N) is 2. The van der Waals surface area contributed by atoms with Gasteiger partial charge in [0.1, 0.15) is 0 Å². The molecule has 0 aliphatic rings. The Bertz CT molecular complexity index is 1130. The number of ether oxygens (including phenoxy) is 2. The molecule has 1 amide bonds. The Balaban J connectivity index is 1.71. The second kappa shape index (κ2) is 9.49. The highest BCUT2D eigenvalue weighted by Crippen LogP contribution is 2.29. The lowest BCUT2D eigenvalue weighted by atomic mass is 10.1. The van der Waals surface area contributed by atoms with Crippen LogP contribution in [0.3, 0.4) is 0 Å². The summed E-state index contributed by atoms with van der Waals surface area (Å²) in [6.07, 6.45) is 3.19. The molecule has 0 saturated carbocycles. The van der Waals surface area contributed by atoms with E-state index >= 15 is 0 Å². The Kier molecular flexibility index (Phi) is 6.79. The molecule has 0 fully saturated rings. The van der Waals surface area contributed by atoms with Gasteiger partial charge >= 0.3 is 0 Å². The lowest BCUT2D eigenvalue weighted by Crippen LogP contribution is -2.22. The number of carbonyl (C=O) groups is 1. The van der Waals surface area contributed by atoms with Gasteiger partial charge in [-0.2, -0.15) is 0 Å². The number of thioether (sulfide) groups is 1. The van der Waals surface area contributed by atoms with Crippen molar-refractivity contribution in [1.29, 1.82) is 0 Å². The number of amides is 1. The summed E-state index contributed by atoms with van der Waals surface area (Å²) >= 11 is 1.10. The summed E-state index contributed by atoms with van der Waals surface area (Å²) in [4.78, 5) is 29.3. The smallest absolute Gasteiger partial charge is 0.287 e. The normalized spacial score (nSPS) is 10.5. The zero-order valence-corrected chi connectivity index (χ0v) is 18.1. The van der Waals surface area contributed by atoms with Crippen LogP contribution in [0.1, 0.15) is 11.1 Å². The van der Waals surface area contributed by atoms with Crippen molar-refractivity contribution in [3.63, 3.8) is 0 Å². The molecule has 0 saturated heterocycles. The van der Waals surface area contributed by atoms with Crippen LogP contribution in [0.2, 0.25) is 0 Å². The number of aromatic nitrogens is 2. The van der Waals surface area contributed by atoms with Crippen molar-refractivity contribution in [1.82, 2.24) is 9.55 Å². The minimum absolute atomic E-state index is 0.0491. The zero-order valence-electron chi connectivity index (χ0n) is 17.3. The predicted octanol–water partition coefficient (Wildman–Crippen LogP) is 3.60. The molecule has 0 spiro atoms. The van der Waals surface area contributed by atoms with Crippen LogP contribution in [0.5, 0.6) is 11.5 Å². The molecule has 0 radical (unpaired) electrons. The summed E-state index contributed by atoms with van der Waals surface area (Å²) in [7, 11) is 3.07. The molecule has 8 heteroatoms. The van der Waals surface area contributed by atoms with Crippen molar-refractivity contribution in [3.05, 3.63) is 70.3 Å². The third-order valence-electron chi connectivity index (χ3n) is 4.59. The zero-order chi connectivity index (χ0) is 21.7. The van der Waals surface area contributed by atoms with Crippen molar-refractivity contribution in [2.24, 2.45) is 0 Å². The van der Waals surface area contributed by atoms with Crippen molar-refractivity contribution < 1.29 is 14.3 Å². The number of anilines is 1. The van der Waals surface area contributed by atoms with E-state index in [-0.39, 0.29) is 22.2 Å². The molecule has 1 N–H and O–H groups in total. The van der Waals surface area contributed by atoms with E-state index < -0.39 is 0 Å². The van der Waals surface area contributed by atoms with Crippen molar-refractivity contribution in [3.8, 4) is 17.2 Å². The second-order valence-corrected chi connectivity index (χ2v) is 7.55. The summed E-state index contributed by atoms with van der Waals surface area (Å²) in [6, 6.07) is 10.9. The predicted molar refractivity (Wildman–Crippen MR) is 118 cm³/mol. The third-order valence-corrected chi connectivity index (χ3v) is 5.55. The van der Waals surface area contributed by atoms with Gasteiger partial charge < -0.3 is 14.8 Å². The highest BCUT2D eigenvalue weighted by atomic mass is 32.2. The highest BCUT2D eigenvalue weighted by Gasteiger charge is 2.12. The number of hydrogen-bond donors (Lipinski definition) is 1. The van der Waals surface area contributed by atoms with E-state index in [1.807, 2.05) is 32.0 Å². The maximum atomic E-state index is 12.8. The summed E-state index contributed by atoms with van der Waals surface area (Å²) in [5.41, 5.74) is 3.33. The molecule has 0 unspecified atom stereocenters. The molecule has 30 heavy (non-hydrogen) atoms. The minimum atomic E-state index is -0.260. The number of carbonyl (C=O) groups excluding carboxylic acids is 1. The van der Waals surface area contributed by atoms with Crippen LogP contribution in [0, 0.1) is 13.8 Å². The summed E-state index contributed by atoms with van der Waals surface area (Å²) in [6.45, 7) is 4.02. The third kappa shape index (κ3) is 4.83. The maximum absolute atomic E-state index is 12.8. The highest BCUT2D eigenvalue weighted by molar-refractivity contribution is 7.99. The molecular formula is C22H23N3O4S. The van der Waals surface area contributed by atoms with Crippen LogP contribution < -0.4 is 20.3 Å². The molecule has 7 nitrogen and oxygen atoms in total. The van der Waals surface area contributed by atoms with Gasteiger partial charge in [0.25, 0.3) is 5.56 Å². The van der Waals surface area contributed by atoms with Crippen molar-refractivity contribution in [2.45, 2.75) is 18.9 Å². The van der Waals surface area contributed by atoms with E-state index in [4.69, 9.17) is 9.47 Å². The minimum Gasteiger partial charge on any atom is -0.493 e. The first-order chi connectivity index (χ1) is 14.4. The molecule has 2 aromatic carbocycles. The van der Waals surface area contributed by atoms with E-state index in [1.165, 1.54) is 11.7 Å². The molecule has 1 aromatic heterocycles. The van der Waals surface area contributed by atoms with Crippen LogP contribution in [0.4, 0.5) is 5.69 Å². The van der Waals surface area contributed by atoms with Crippen LogP contribution in [0.25, 0.3) is 5.69 Å². The standard InChI is InChI=1S/C22H23N3O4S/c1-14-5-7-17(11-15(14)2)25-10-9-23-21(22(25)27)30-13-20(26)24-16-6-8-18(28-3)19(12-16)29-4/h5-12H,13H2,1-4H3,(H,24,26). The monoisotopic (exact) mass is 425 g/mol. The molecule has 0 aliphatic heterocycles. The number of benzene rings is 2. The van der Waals surface area contributed by atoms with Crippen LogP contribution in [-0.4, -0.2) is 35.4 Å². The molecule has 1 heterocycles. The van der Waals surface area contributed by atoms with Gasteiger partial charge in [-0.1, -0.05) is 17.8 Å². The SMILES string of the molecule is COc1ccc(NC(=O)CSc2nccn(-c3ccc(C)c(C)c3)c2=O)cc1OC. The van der Waals surface area contributed by atoms with Gasteiger partial charge in [-0.3, -0.25) is 14.2 Å². The number of hydrogen-bond acceptors (Lipinski definition) is 6. The lowest BCUT2D eigenvalue weighted by Gasteiger charge is -2.11. The Morgan fingerprint density at radius 2 is 1.83 bits per heavy atom. The van der Waals surface area contributed by atoms with Gasteiger partial charge in [-0.15, -0.1) is 0 Å².